The smallest absolute Gasteiger partial charge is 0.341 e. The highest BCUT2D eigenvalue weighted by atomic mass is 16.5. The van der Waals surface area contributed by atoms with Crippen molar-refractivity contribution in [2.75, 3.05) is 43.6 Å². The van der Waals surface area contributed by atoms with E-state index >= 15 is 0 Å². The molecule has 0 amide bonds. The quantitative estimate of drug-likeness (QED) is 0.816. The lowest BCUT2D eigenvalue weighted by molar-refractivity contribution is 0.0600. The van der Waals surface area contributed by atoms with E-state index in [-0.39, 0.29) is 0 Å². The molecule has 8 heteroatoms. The second-order valence-corrected chi connectivity index (χ2v) is 5.26. The van der Waals surface area contributed by atoms with Crippen LogP contribution in [-0.2, 0) is 16.0 Å². The normalized spacial score (nSPS) is 14.3. The highest BCUT2D eigenvalue weighted by molar-refractivity contribution is 5.88. The van der Waals surface area contributed by atoms with Crippen LogP contribution < -0.4 is 10.2 Å². The summed E-state index contributed by atoms with van der Waals surface area (Å²) in [6, 6.07) is 3.99. The Labute approximate surface area is 139 Å². The number of methoxy groups -OCH3 is 1. The van der Waals surface area contributed by atoms with Gasteiger partial charge < -0.3 is 19.7 Å². The fourth-order valence-corrected chi connectivity index (χ4v) is 2.36. The van der Waals surface area contributed by atoms with Crippen molar-refractivity contribution in [3.63, 3.8) is 0 Å². The molecule has 8 nitrogen and oxygen atoms in total. The van der Waals surface area contributed by atoms with Gasteiger partial charge >= 0.3 is 5.97 Å². The van der Waals surface area contributed by atoms with Crippen LogP contribution in [0.3, 0.4) is 0 Å². The van der Waals surface area contributed by atoms with Crippen LogP contribution in [0.4, 0.5) is 11.8 Å². The average Bonchev–Trinajstić information content (AvgIpc) is 2.67. The number of ether oxygens (including phenoxy) is 2. The zero-order chi connectivity index (χ0) is 16.8. The Morgan fingerprint density at radius 2 is 2.04 bits per heavy atom. The third-order valence-electron chi connectivity index (χ3n) is 3.67. The zero-order valence-electron chi connectivity index (χ0n) is 13.4. The fourth-order valence-electron chi connectivity index (χ4n) is 2.36. The van der Waals surface area contributed by atoms with Crippen LogP contribution in [0.5, 0.6) is 0 Å². The zero-order valence-corrected chi connectivity index (χ0v) is 13.4. The maximum absolute atomic E-state index is 11.3. The molecule has 1 aliphatic heterocycles. The number of carbonyl (C=O) groups is 1. The van der Waals surface area contributed by atoms with Gasteiger partial charge in [0.25, 0.3) is 0 Å². The monoisotopic (exact) mass is 329 g/mol. The molecule has 3 heterocycles. The first-order valence-electron chi connectivity index (χ1n) is 7.68. The predicted octanol–water partition coefficient (Wildman–Crippen LogP) is 1.11. The molecule has 0 unspecified atom stereocenters. The molecule has 0 aliphatic carbocycles. The third-order valence-corrected chi connectivity index (χ3v) is 3.67. The molecule has 1 aliphatic rings. The first-order valence-corrected chi connectivity index (χ1v) is 7.68. The number of nitrogens with one attached hydrogen (secondary N) is 1. The van der Waals surface area contributed by atoms with Crippen LogP contribution in [-0.4, -0.2) is 54.3 Å². The van der Waals surface area contributed by atoms with E-state index in [1.807, 2.05) is 12.1 Å². The second kappa shape index (κ2) is 7.69. The highest BCUT2D eigenvalue weighted by Gasteiger charge is 2.12. The first-order chi connectivity index (χ1) is 11.8. The van der Waals surface area contributed by atoms with Gasteiger partial charge in [-0.25, -0.2) is 19.7 Å². The van der Waals surface area contributed by atoms with E-state index in [0.717, 1.165) is 37.7 Å². The van der Waals surface area contributed by atoms with E-state index in [1.165, 1.54) is 19.5 Å². The highest BCUT2D eigenvalue weighted by Crippen LogP contribution is 2.15. The average molecular weight is 329 g/mol. The number of anilines is 2. The summed E-state index contributed by atoms with van der Waals surface area (Å²) in [4.78, 5) is 26.2. The number of hydrogen-bond donors (Lipinski definition) is 1. The van der Waals surface area contributed by atoms with Crippen molar-refractivity contribution in [1.82, 2.24) is 15.0 Å². The van der Waals surface area contributed by atoms with Crippen LogP contribution in [0, 0.1) is 0 Å². The summed E-state index contributed by atoms with van der Waals surface area (Å²) in [6.45, 7) is 3.72. The van der Waals surface area contributed by atoms with Gasteiger partial charge in [-0.3, -0.25) is 0 Å². The van der Waals surface area contributed by atoms with Gasteiger partial charge in [-0.2, -0.15) is 0 Å². The molecule has 0 aromatic carbocycles. The van der Waals surface area contributed by atoms with E-state index in [4.69, 9.17) is 4.74 Å². The lowest BCUT2D eigenvalue weighted by Crippen LogP contribution is -2.36. The Bertz CT molecular complexity index is 686. The van der Waals surface area contributed by atoms with E-state index in [1.54, 1.807) is 6.20 Å². The van der Waals surface area contributed by atoms with Crippen molar-refractivity contribution < 1.29 is 14.3 Å². The van der Waals surface area contributed by atoms with Gasteiger partial charge in [0, 0.05) is 38.2 Å². The topological polar surface area (TPSA) is 89.5 Å². The number of pyridine rings is 1. The minimum atomic E-state index is -0.453. The van der Waals surface area contributed by atoms with Gasteiger partial charge in [-0.15, -0.1) is 0 Å². The van der Waals surface area contributed by atoms with E-state index in [0.29, 0.717) is 18.1 Å². The molecule has 0 radical (unpaired) electrons. The Hall–Kier alpha value is -2.74. The van der Waals surface area contributed by atoms with Gasteiger partial charge in [0.05, 0.1) is 25.9 Å². The standard InChI is InChI=1S/C16H19N5O3/c1-23-15(22)13-10-19-16(20-11-13)18-9-12-2-3-17-14(8-12)21-4-6-24-7-5-21/h2-3,8,10-11H,4-7,9H2,1H3,(H,18,19,20). The Kier molecular flexibility index (Phi) is 5.17. The lowest BCUT2D eigenvalue weighted by atomic mass is 10.2. The van der Waals surface area contributed by atoms with Crippen molar-refractivity contribution >= 4 is 17.7 Å². The molecule has 1 saturated heterocycles. The number of rotatable bonds is 5. The van der Waals surface area contributed by atoms with Crippen molar-refractivity contribution in [3.8, 4) is 0 Å². The number of carbonyl (C=O) groups excluding carboxylic acids is 1. The van der Waals surface area contributed by atoms with Crippen molar-refractivity contribution in [2.45, 2.75) is 6.54 Å². The molecule has 0 bridgehead atoms. The SMILES string of the molecule is COC(=O)c1cnc(NCc2ccnc(N3CCOCC3)c2)nc1. The number of esters is 1. The molecular formula is C16H19N5O3. The third kappa shape index (κ3) is 3.96. The molecule has 2 aromatic heterocycles. The summed E-state index contributed by atoms with van der Waals surface area (Å²) in [5.41, 5.74) is 1.40. The molecule has 0 spiro atoms. The Morgan fingerprint density at radius 1 is 1.29 bits per heavy atom. The summed E-state index contributed by atoms with van der Waals surface area (Å²) < 4.78 is 9.98. The summed E-state index contributed by atoms with van der Waals surface area (Å²) >= 11 is 0. The predicted molar refractivity (Wildman–Crippen MR) is 88.0 cm³/mol. The maximum atomic E-state index is 11.3. The van der Waals surface area contributed by atoms with E-state index in [2.05, 4.69) is 29.9 Å². The minimum Gasteiger partial charge on any atom is -0.465 e. The largest absolute Gasteiger partial charge is 0.465 e. The summed E-state index contributed by atoms with van der Waals surface area (Å²) in [5.74, 6) is 0.942. The lowest BCUT2D eigenvalue weighted by Gasteiger charge is -2.28. The fraction of sp³-hybridized carbons (Fsp3) is 0.375. The van der Waals surface area contributed by atoms with Crippen LogP contribution in [0.2, 0.25) is 0 Å². The summed E-state index contributed by atoms with van der Waals surface area (Å²) in [6.07, 6.45) is 4.67. The molecule has 2 aromatic rings. The number of nitrogens with zero attached hydrogens (tertiary/aromatic N) is 4. The maximum Gasteiger partial charge on any atom is 0.341 e. The van der Waals surface area contributed by atoms with E-state index < -0.39 is 5.97 Å². The Morgan fingerprint density at radius 3 is 2.75 bits per heavy atom. The molecule has 3 rings (SSSR count). The first kappa shape index (κ1) is 16.1. The van der Waals surface area contributed by atoms with Crippen LogP contribution in [0.1, 0.15) is 15.9 Å². The van der Waals surface area contributed by atoms with Gasteiger partial charge in [0.1, 0.15) is 5.82 Å². The van der Waals surface area contributed by atoms with Gasteiger partial charge in [-0.1, -0.05) is 0 Å². The molecule has 1 N–H and O–H groups in total. The minimum absolute atomic E-state index is 0.321. The van der Waals surface area contributed by atoms with Crippen molar-refractivity contribution in [2.24, 2.45) is 0 Å². The van der Waals surface area contributed by atoms with Crippen LogP contribution in [0.25, 0.3) is 0 Å². The summed E-state index contributed by atoms with van der Waals surface area (Å²) in [7, 11) is 1.32. The summed E-state index contributed by atoms with van der Waals surface area (Å²) in [5, 5.41) is 3.13. The molecule has 126 valence electrons. The molecule has 24 heavy (non-hydrogen) atoms. The van der Waals surface area contributed by atoms with Crippen molar-refractivity contribution in [3.05, 3.63) is 41.9 Å². The number of morpholine rings is 1. The molecule has 0 atom stereocenters. The molecule has 1 fully saturated rings. The Balaban J connectivity index is 1.61. The van der Waals surface area contributed by atoms with Gasteiger partial charge in [0.2, 0.25) is 5.95 Å². The molecular weight excluding hydrogens is 310 g/mol. The van der Waals surface area contributed by atoms with Crippen molar-refractivity contribution in [1.29, 1.82) is 0 Å². The van der Waals surface area contributed by atoms with Crippen LogP contribution >= 0.6 is 0 Å². The second-order valence-electron chi connectivity index (χ2n) is 5.26. The van der Waals surface area contributed by atoms with Crippen LogP contribution in [0.15, 0.2) is 30.7 Å². The number of hydrogen-bond acceptors (Lipinski definition) is 8. The van der Waals surface area contributed by atoms with E-state index in [9.17, 15) is 4.79 Å². The van der Waals surface area contributed by atoms with Gasteiger partial charge in [0.15, 0.2) is 0 Å². The van der Waals surface area contributed by atoms with Gasteiger partial charge in [-0.05, 0) is 17.7 Å². The molecule has 0 saturated carbocycles. The number of aromatic nitrogens is 3.